The molecule has 7 heteroatoms. The molecule has 4 aromatic rings. The molecule has 0 aliphatic heterocycles. The highest BCUT2D eigenvalue weighted by atomic mass is 32.2. The molecule has 4 heterocycles. The molecule has 0 radical (unpaired) electrons. The Morgan fingerprint density at radius 2 is 2.11 bits per heavy atom. The van der Waals surface area contributed by atoms with Gasteiger partial charge in [-0.2, -0.15) is 0 Å². The van der Waals surface area contributed by atoms with Gasteiger partial charge in [-0.1, -0.05) is 17.8 Å². The number of pyridine rings is 1. The van der Waals surface area contributed by atoms with Gasteiger partial charge in [0.1, 0.15) is 10.5 Å². The van der Waals surface area contributed by atoms with Gasteiger partial charge in [-0.25, -0.2) is 9.97 Å². The van der Waals surface area contributed by atoms with Crippen molar-refractivity contribution in [2.45, 2.75) is 50.1 Å². The molecule has 0 bridgehead atoms. The van der Waals surface area contributed by atoms with Crippen molar-refractivity contribution in [1.82, 2.24) is 18.9 Å². The molecule has 27 heavy (non-hydrogen) atoms. The zero-order chi connectivity index (χ0) is 18.4. The molecule has 1 aliphatic rings. The first-order valence-electron chi connectivity index (χ1n) is 9.35. The summed E-state index contributed by atoms with van der Waals surface area (Å²) in [7, 11) is 0. The zero-order valence-electron chi connectivity index (χ0n) is 15.1. The summed E-state index contributed by atoms with van der Waals surface area (Å²) in [6.45, 7) is 2.66. The molecule has 0 fully saturated rings. The monoisotopic (exact) mass is 396 g/mol. The van der Waals surface area contributed by atoms with Gasteiger partial charge in [0.2, 0.25) is 0 Å². The lowest BCUT2D eigenvalue weighted by Crippen LogP contribution is -2.23. The Morgan fingerprint density at radius 1 is 1.22 bits per heavy atom. The maximum atomic E-state index is 13.2. The maximum absolute atomic E-state index is 13.2. The Kier molecular flexibility index (Phi) is 4.28. The van der Waals surface area contributed by atoms with Crippen LogP contribution >= 0.6 is 23.1 Å². The fourth-order valence-corrected chi connectivity index (χ4v) is 6.05. The summed E-state index contributed by atoms with van der Waals surface area (Å²) >= 11 is 3.31. The third-order valence-corrected chi connectivity index (χ3v) is 7.31. The highest BCUT2D eigenvalue weighted by Crippen LogP contribution is 2.35. The summed E-state index contributed by atoms with van der Waals surface area (Å²) in [4.78, 5) is 25.0. The van der Waals surface area contributed by atoms with Gasteiger partial charge in [-0.3, -0.25) is 9.36 Å². The van der Waals surface area contributed by atoms with Crippen molar-refractivity contribution in [3.05, 3.63) is 57.1 Å². The summed E-state index contributed by atoms with van der Waals surface area (Å²) in [5.74, 6) is 0.699. The molecule has 4 aromatic heterocycles. The zero-order valence-corrected chi connectivity index (χ0v) is 16.8. The first kappa shape index (κ1) is 17.0. The molecule has 0 aromatic carbocycles. The lowest BCUT2D eigenvalue weighted by molar-refractivity contribution is 0.633. The van der Waals surface area contributed by atoms with E-state index in [1.807, 2.05) is 46.5 Å². The first-order valence-corrected chi connectivity index (χ1v) is 11.2. The number of hydrogen-bond donors (Lipinski definition) is 0. The van der Waals surface area contributed by atoms with E-state index >= 15 is 0 Å². The summed E-state index contributed by atoms with van der Waals surface area (Å²) < 4.78 is 3.84. The van der Waals surface area contributed by atoms with Crippen LogP contribution in [0.25, 0.3) is 15.9 Å². The number of fused-ring (bicyclic) bond motifs is 4. The number of rotatable bonds is 4. The molecule has 138 valence electrons. The van der Waals surface area contributed by atoms with E-state index in [1.165, 1.54) is 23.3 Å². The van der Waals surface area contributed by atoms with Crippen molar-refractivity contribution >= 4 is 39.0 Å². The molecular weight excluding hydrogens is 376 g/mol. The molecule has 0 N–H and O–H groups in total. The van der Waals surface area contributed by atoms with Gasteiger partial charge in [0, 0.05) is 29.6 Å². The second kappa shape index (κ2) is 6.80. The van der Waals surface area contributed by atoms with Crippen LogP contribution in [0.4, 0.5) is 0 Å². The van der Waals surface area contributed by atoms with E-state index in [9.17, 15) is 4.79 Å². The van der Waals surface area contributed by atoms with Crippen molar-refractivity contribution in [3.63, 3.8) is 0 Å². The molecule has 0 saturated carbocycles. The molecule has 0 amide bonds. The predicted molar refractivity (Wildman–Crippen MR) is 111 cm³/mol. The lowest BCUT2D eigenvalue weighted by atomic mass is 9.97. The molecule has 0 spiro atoms. The van der Waals surface area contributed by atoms with Crippen molar-refractivity contribution < 1.29 is 0 Å². The van der Waals surface area contributed by atoms with E-state index < -0.39 is 0 Å². The normalized spacial score (nSPS) is 14.1. The van der Waals surface area contributed by atoms with E-state index in [0.29, 0.717) is 12.3 Å². The van der Waals surface area contributed by atoms with Gasteiger partial charge in [-0.15, -0.1) is 11.3 Å². The topological polar surface area (TPSA) is 52.2 Å². The summed E-state index contributed by atoms with van der Waals surface area (Å²) in [6.07, 6.45) is 8.54. The molecule has 5 nitrogen and oxygen atoms in total. The van der Waals surface area contributed by atoms with Crippen LogP contribution < -0.4 is 5.56 Å². The van der Waals surface area contributed by atoms with Crippen LogP contribution in [0.5, 0.6) is 0 Å². The minimum Gasteiger partial charge on any atom is -0.307 e. The second-order valence-corrected chi connectivity index (χ2v) is 8.85. The number of thiophene rings is 1. The Hall–Kier alpha value is -2.12. The van der Waals surface area contributed by atoms with Crippen LogP contribution in [-0.4, -0.2) is 18.9 Å². The molecule has 5 rings (SSSR count). The average molecular weight is 397 g/mol. The van der Waals surface area contributed by atoms with Crippen LogP contribution in [-0.2, 0) is 25.1 Å². The quantitative estimate of drug-likeness (QED) is 0.381. The average Bonchev–Trinajstić information content (AvgIpc) is 3.27. The number of aromatic nitrogens is 4. The Balaban J connectivity index is 1.53. The number of imidazole rings is 1. The van der Waals surface area contributed by atoms with Gasteiger partial charge in [0.25, 0.3) is 5.56 Å². The number of hydrogen-bond acceptors (Lipinski definition) is 5. The van der Waals surface area contributed by atoms with E-state index in [-0.39, 0.29) is 5.56 Å². The van der Waals surface area contributed by atoms with Gasteiger partial charge in [-0.05, 0) is 50.3 Å². The minimum atomic E-state index is 0.124. The van der Waals surface area contributed by atoms with Crippen molar-refractivity contribution in [2.24, 2.45) is 0 Å². The highest BCUT2D eigenvalue weighted by Gasteiger charge is 2.22. The third-order valence-electron chi connectivity index (χ3n) is 5.12. The van der Waals surface area contributed by atoms with Gasteiger partial charge in [0.05, 0.1) is 11.1 Å². The van der Waals surface area contributed by atoms with E-state index in [4.69, 9.17) is 4.98 Å². The number of nitrogens with zero attached hydrogens (tertiary/aromatic N) is 4. The van der Waals surface area contributed by atoms with Crippen molar-refractivity contribution in [1.29, 1.82) is 0 Å². The fourth-order valence-electron chi connectivity index (χ4n) is 3.80. The molecular formula is C20H20N4OS2. The van der Waals surface area contributed by atoms with Crippen molar-refractivity contribution in [3.8, 4) is 0 Å². The van der Waals surface area contributed by atoms with E-state index in [0.717, 1.165) is 39.6 Å². The SMILES string of the molecule is CCn1c(SCc2cn3ccccc3n2)nc2sc3c(c2c1=O)CCCC3. The van der Waals surface area contributed by atoms with E-state index in [2.05, 4.69) is 4.98 Å². The Labute approximate surface area is 165 Å². The fraction of sp³-hybridized carbons (Fsp3) is 0.350. The summed E-state index contributed by atoms with van der Waals surface area (Å²) in [6, 6.07) is 5.98. The van der Waals surface area contributed by atoms with Crippen LogP contribution in [0.15, 0.2) is 40.5 Å². The van der Waals surface area contributed by atoms with Gasteiger partial charge < -0.3 is 4.40 Å². The molecule has 1 aliphatic carbocycles. The standard InChI is InChI=1S/C20H20N4OS2/c1-2-24-19(25)17-14-7-3-4-8-15(14)27-18(17)22-20(24)26-12-13-11-23-10-6-5-9-16(23)21-13/h5-6,9-11H,2-4,7-8,12H2,1H3. The Bertz CT molecular complexity index is 1170. The third kappa shape index (κ3) is 2.89. The lowest BCUT2D eigenvalue weighted by Gasteiger charge is -2.11. The largest absolute Gasteiger partial charge is 0.307 e. The van der Waals surface area contributed by atoms with Crippen molar-refractivity contribution in [2.75, 3.05) is 0 Å². The summed E-state index contributed by atoms with van der Waals surface area (Å²) in [5, 5.41) is 1.67. The van der Waals surface area contributed by atoms with Gasteiger partial charge in [0.15, 0.2) is 5.16 Å². The smallest absolute Gasteiger partial charge is 0.263 e. The van der Waals surface area contributed by atoms with Crippen LogP contribution in [0.3, 0.4) is 0 Å². The number of thioether (sulfide) groups is 1. The van der Waals surface area contributed by atoms with E-state index in [1.54, 1.807) is 23.1 Å². The first-order chi connectivity index (χ1) is 13.2. The van der Waals surface area contributed by atoms with Gasteiger partial charge >= 0.3 is 0 Å². The van der Waals surface area contributed by atoms with Crippen LogP contribution in [0.1, 0.15) is 35.9 Å². The molecule has 0 saturated heterocycles. The number of aryl methyl sites for hydroxylation is 2. The predicted octanol–water partition coefficient (Wildman–Crippen LogP) is 4.30. The minimum absolute atomic E-state index is 0.124. The van der Waals surface area contributed by atoms with Crippen LogP contribution in [0.2, 0.25) is 0 Å². The second-order valence-electron chi connectivity index (χ2n) is 6.82. The van der Waals surface area contributed by atoms with Crippen LogP contribution in [0, 0.1) is 0 Å². The highest BCUT2D eigenvalue weighted by molar-refractivity contribution is 7.98. The maximum Gasteiger partial charge on any atom is 0.263 e. The summed E-state index contributed by atoms with van der Waals surface area (Å²) in [5.41, 5.74) is 3.32. The Morgan fingerprint density at radius 3 is 2.96 bits per heavy atom. The molecule has 0 atom stereocenters. The molecule has 0 unspecified atom stereocenters.